The Kier molecular flexibility index (Phi) is 4.88. The molecule has 128 valence electrons. The lowest BCUT2D eigenvalue weighted by Gasteiger charge is -2.37. The van der Waals surface area contributed by atoms with Crippen LogP contribution in [0.5, 0.6) is 0 Å². The zero-order chi connectivity index (χ0) is 16.4. The molecule has 2 saturated heterocycles. The lowest BCUT2D eigenvalue weighted by molar-refractivity contribution is -0.126. The maximum absolute atomic E-state index is 12.3. The zero-order valence-electron chi connectivity index (χ0n) is 13.1. The van der Waals surface area contributed by atoms with Gasteiger partial charge in [0.1, 0.15) is 0 Å². The van der Waals surface area contributed by atoms with E-state index in [0.717, 1.165) is 31.3 Å². The van der Waals surface area contributed by atoms with E-state index < -0.39 is 9.84 Å². The van der Waals surface area contributed by atoms with Crippen LogP contribution in [-0.4, -0.2) is 74.0 Å². The molecule has 9 heteroatoms. The summed E-state index contributed by atoms with van der Waals surface area (Å²) in [5.74, 6) is 0.178. The molecule has 2 fully saturated rings. The summed E-state index contributed by atoms with van der Waals surface area (Å²) >= 11 is 1.63. The first-order valence-electron chi connectivity index (χ1n) is 7.84. The van der Waals surface area contributed by atoms with Gasteiger partial charge in [0.05, 0.1) is 17.5 Å². The molecule has 0 unspecified atom stereocenters. The Morgan fingerprint density at radius 2 is 2.13 bits per heavy atom. The van der Waals surface area contributed by atoms with E-state index in [9.17, 15) is 13.2 Å². The number of carbonyl (C=O) groups is 1. The van der Waals surface area contributed by atoms with Gasteiger partial charge in [-0.1, -0.05) is 0 Å². The topological polar surface area (TPSA) is 82.6 Å². The molecule has 3 rings (SSSR count). The summed E-state index contributed by atoms with van der Waals surface area (Å²) < 4.78 is 22.9. The van der Waals surface area contributed by atoms with Crippen LogP contribution in [0.2, 0.25) is 0 Å². The Morgan fingerprint density at radius 3 is 2.70 bits per heavy atom. The Bertz CT molecular complexity index is 639. The van der Waals surface area contributed by atoms with Gasteiger partial charge in [0.25, 0.3) is 0 Å². The summed E-state index contributed by atoms with van der Waals surface area (Å²) in [6.45, 7) is 5.19. The molecule has 0 saturated carbocycles. The fraction of sp³-hybridized carbons (Fsp3) is 0.714. The number of hydrogen-bond donors (Lipinski definition) is 1. The Morgan fingerprint density at radius 1 is 1.39 bits per heavy atom. The number of piperazine rings is 1. The van der Waals surface area contributed by atoms with Crippen LogP contribution in [0, 0.1) is 0 Å². The maximum atomic E-state index is 12.3. The van der Waals surface area contributed by atoms with E-state index >= 15 is 0 Å². The minimum Gasteiger partial charge on any atom is -0.351 e. The number of nitrogens with one attached hydrogen (secondary N) is 1. The number of carbonyl (C=O) groups excluding carboxylic acids is 1. The van der Waals surface area contributed by atoms with Gasteiger partial charge in [-0.05, 0) is 13.3 Å². The van der Waals surface area contributed by atoms with E-state index in [1.165, 1.54) is 0 Å². The lowest BCUT2D eigenvalue weighted by Crippen LogP contribution is -2.55. The summed E-state index contributed by atoms with van der Waals surface area (Å²) in [6.07, 6.45) is 2.33. The van der Waals surface area contributed by atoms with Crippen molar-refractivity contribution in [2.24, 2.45) is 0 Å². The van der Waals surface area contributed by atoms with Gasteiger partial charge >= 0.3 is 0 Å². The quantitative estimate of drug-likeness (QED) is 0.813. The highest BCUT2D eigenvalue weighted by atomic mass is 32.2. The second-order valence-corrected chi connectivity index (χ2v) is 9.22. The van der Waals surface area contributed by atoms with E-state index in [0.29, 0.717) is 6.42 Å². The molecular formula is C14H22N4O3S2. The summed E-state index contributed by atoms with van der Waals surface area (Å²) in [5, 5.41) is 5.88. The maximum Gasteiger partial charge on any atom is 0.237 e. The Hall–Kier alpha value is -1.19. The monoisotopic (exact) mass is 358 g/mol. The predicted octanol–water partition coefficient (Wildman–Crippen LogP) is -0.0431. The SMILES string of the molecule is C[C@H](C(=O)N[C@@H]1CCS(=O)(=O)C1)N1CCN(c2nccs2)CC1. The summed E-state index contributed by atoms with van der Waals surface area (Å²) in [5.41, 5.74) is 0. The van der Waals surface area contributed by atoms with Crippen molar-refractivity contribution in [3.05, 3.63) is 11.6 Å². The molecule has 7 nitrogen and oxygen atoms in total. The van der Waals surface area contributed by atoms with E-state index in [-0.39, 0.29) is 29.5 Å². The molecule has 1 amide bonds. The highest BCUT2D eigenvalue weighted by molar-refractivity contribution is 7.91. The van der Waals surface area contributed by atoms with E-state index in [1.54, 1.807) is 17.5 Å². The van der Waals surface area contributed by atoms with Crippen LogP contribution < -0.4 is 10.2 Å². The number of anilines is 1. The fourth-order valence-electron chi connectivity index (χ4n) is 3.07. The number of thiazole rings is 1. The molecule has 2 aliphatic rings. The Labute approximate surface area is 140 Å². The van der Waals surface area contributed by atoms with Gasteiger partial charge in [-0.15, -0.1) is 11.3 Å². The molecule has 23 heavy (non-hydrogen) atoms. The van der Waals surface area contributed by atoms with Gasteiger partial charge in [-0.25, -0.2) is 13.4 Å². The van der Waals surface area contributed by atoms with Gasteiger partial charge < -0.3 is 10.2 Å². The van der Waals surface area contributed by atoms with Gasteiger partial charge in [-0.3, -0.25) is 9.69 Å². The van der Waals surface area contributed by atoms with Crippen LogP contribution in [-0.2, 0) is 14.6 Å². The molecule has 0 aliphatic carbocycles. The van der Waals surface area contributed by atoms with Gasteiger partial charge in [0, 0.05) is 43.8 Å². The van der Waals surface area contributed by atoms with Gasteiger partial charge in [0.2, 0.25) is 5.91 Å². The molecule has 0 radical (unpaired) electrons. The number of hydrogen-bond acceptors (Lipinski definition) is 7. The Balaban J connectivity index is 1.49. The van der Waals surface area contributed by atoms with Crippen LogP contribution in [0.15, 0.2) is 11.6 Å². The van der Waals surface area contributed by atoms with Crippen LogP contribution in [0.1, 0.15) is 13.3 Å². The van der Waals surface area contributed by atoms with Crippen molar-refractivity contribution >= 4 is 32.2 Å². The first kappa shape index (κ1) is 16.7. The van der Waals surface area contributed by atoms with Gasteiger partial charge in [-0.2, -0.15) is 0 Å². The highest BCUT2D eigenvalue weighted by Crippen LogP contribution is 2.19. The molecule has 1 aromatic heterocycles. The number of rotatable bonds is 4. The molecular weight excluding hydrogens is 336 g/mol. The smallest absolute Gasteiger partial charge is 0.237 e. The third kappa shape index (κ3) is 4.02. The van der Waals surface area contributed by atoms with Crippen molar-refractivity contribution in [2.45, 2.75) is 25.4 Å². The van der Waals surface area contributed by atoms with Crippen molar-refractivity contribution in [3.8, 4) is 0 Å². The number of amides is 1. The van der Waals surface area contributed by atoms with Crippen molar-refractivity contribution in [1.29, 1.82) is 0 Å². The van der Waals surface area contributed by atoms with Crippen molar-refractivity contribution < 1.29 is 13.2 Å². The molecule has 2 atom stereocenters. The summed E-state index contributed by atoms with van der Waals surface area (Å²) in [7, 11) is -2.96. The van der Waals surface area contributed by atoms with Crippen LogP contribution in [0.3, 0.4) is 0 Å². The summed E-state index contributed by atoms with van der Waals surface area (Å²) in [6, 6.07) is -0.469. The minimum atomic E-state index is -2.96. The first-order chi connectivity index (χ1) is 10.9. The standard InChI is InChI=1S/C14H22N4O3S2/c1-11(13(19)16-12-2-9-23(20,21)10-12)17-4-6-18(7-5-17)14-15-3-8-22-14/h3,8,11-12H,2,4-7,9-10H2,1H3,(H,16,19)/t11-,12-/m1/s1. The van der Waals surface area contributed by atoms with E-state index in [2.05, 4.69) is 20.1 Å². The second kappa shape index (κ2) is 6.74. The van der Waals surface area contributed by atoms with E-state index in [1.807, 2.05) is 12.3 Å². The zero-order valence-corrected chi connectivity index (χ0v) is 14.8. The summed E-state index contributed by atoms with van der Waals surface area (Å²) in [4.78, 5) is 21.0. The average Bonchev–Trinajstić information content (AvgIpc) is 3.16. The van der Waals surface area contributed by atoms with Crippen molar-refractivity contribution in [2.75, 3.05) is 42.6 Å². The highest BCUT2D eigenvalue weighted by Gasteiger charge is 2.32. The number of sulfone groups is 1. The van der Waals surface area contributed by atoms with Crippen LogP contribution in [0.25, 0.3) is 0 Å². The molecule has 1 N–H and O–H groups in total. The molecule has 0 bridgehead atoms. The van der Waals surface area contributed by atoms with Crippen LogP contribution >= 0.6 is 11.3 Å². The predicted molar refractivity (Wildman–Crippen MR) is 90.6 cm³/mol. The normalized spacial score (nSPS) is 26.1. The molecule has 2 aliphatic heterocycles. The lowest BCUT2D eigenvalue weighted by atomic mass is 10.2. The molecule has 0 spiro atoms. The van der Waals surface area contributed by atoms with Crippen molar-refractivity contribution in [3.63, 3.8) is 0 Å². The molecule has 3 heterocycles. The third-order valence-corrected chi connectivity index (χ3v) is 7.11. The average molecular weight is 358 g/mol. The van der Waals surface area contributed by atoms with Crippen molar-refractivity contribution in [1.82, 2.24) is 15.2 Å². The van der Waals surface area contributed by atoms with Crippen LogP contribution in [0.4, 0.5) is 5.13 Å². The molecule has 0 aromatic carbocycles. The molecule has 1 aromatic rings. The van der Waals surface area contributed by atoms with Gasteiger partial charge in [0.15, 0.2) is 15.0 Å². The third-order valence-electron chi connectivity index (χ3n) is 4.51. The van der Waals surface area contributed by atoms with E-state index in [4.69, 9.17) is 0 Å². The fourth-order valence-corrected chi connectivity index (χ4v) is 5.44. The number of nitrogens with zero attached hydrogens (tertiary/aromatic N) is 3. The minimum absolute atomic E-state index is 0.0727. The first-order valence-corrected chi connectivity index (χ1v) is 10.5. The largest absolute Gasteiger partial charge is 0.351 e. The number of aromatic nitrogens is 1. The second-order valence-electron chi connectivity index (χ2n) is 6.12.